The van der Waals surface area contributed by atoms with Crippen molar-refractivity contribution in [3.63, 3.8) is 0 Å². The third kappa shape index (κ3) is 3.38. The molecule has 0 aromatic carbocycles. The van der Waals surface area contributed by atoms with Crippen molar-refractivity contribution in [3.8, 4) is 0 Å². The molecular formula is C14H20N2O6P+. The Morgan fingerprint density at radius 2 is 2.22 bits per heavy atom. The molecular weight excluding hydrogens is 323 g/mol. The van der Waals surface area contributed by atoms with E-state index in [1.165, 1.54) is 0 Å². The summed E-state index contributed by atoms with van der Waals surface area (Å²) in [7, 11) is -0.617. The largest absolute Gasteiger partial charge is 0.365 e. The minimum Gasteiger partial charge on any atom is -0.365 e. The predicted octanol–water partition coefficient (Wildman–Crippen LogP) is 0.00790. The Hall–Kier alpha value is -1.15. The van der Waals surface area contributed by atoms with E-state index in [0.29, 0.717) is 5.56 Å². The summed E-state index contributed by atoms with van der Waals surface area (Å²) in [5, 5.41) is 0. The van der Waals surface area contributed by atoms with Crippen molar-refractivity contribution in [1.29, 1.82) is 0 Å². The van der Waals surface area contributed by atoms with E-state index in [2.05, 4.69) is 0 Å². The van der Waals surface area contributed by atoms with Crippen molar-refractivity contribution in [2.45, 2.75) is 44.2 Å². The number of ether oxygens (including phenoxy) is 3. The number of aromatic nitrogens is 1. The van der Waals surface area contributed by atoms with E-state index in [1.54, 1.807) is 29.1 Å². The number of rotatable bonds is 5. The molecule has 5 atom stereocenters. The van der Waals surface area contributed by atoms with Gasteiger partial charge in [0.05, 0.1) is 6.61 Å². The fourth-order valence-corrected chi connectivity index (χ4v) is 3.19. The molecule has 2 unspecified atom stereocenters. The van der Waals surface area contributed by atoms with Crippen LogP contribution >= 0.6 is 9.03 Å². The van der Waals surface area contributed by atoms with Gasteiger partial charge in [-0.25, -0.2) is 0 Å². The van der Waals surface area contributed by atoms with Crippen LogP contribution in [0.2, 0.25) is 0 Å². The lowest BCUT2D eigenvalue weighted by molar-refractivity contribution is -0.766. The second-order valence-electron chi connectivity index (χ2n) is 5.94. The molecule has 0 bridgehead atoms. The monoisotopic (exact) mass is 343 g/mol. The van der Waals surface area contributed by atoms with E-state index in [9.17, 15) is 4.79 Å². The molecule has 23 heavy (non-hydrogen) atoms. The van der Waals surface area contributed by atoms with Crippen molar-refractivity contribution in [2.24, 2.45) is 5.73 Å². The molecule has 3 heterocycles. The molecule has 2 saturated heterocycles. The zero-order chi connectivity index (χ0) is 16.6. The van der Waals surface area contributed by atoms with Crippen LogP contribution in [0.5, 0.6) is 0 Å². The number of hydrogen-bond acceptors (Lipinski definition) is 6. The Balaban J connectivity index is 1.87. The van der Waals surface area contributed by atoms with Gasteiger partial charge in [-0.15, -0.1) is 0 Å². The molecule has 9 heteroatoms. The minimum atomic E-state index is -0.737. The fourth-order valence-electron chi connectivity index (χ4n) is 2.95. The van der Waals surface area contributed by atoms with Gasteiger partial charge in [0, 0.05) is 6.07 Å². The van der Waals surface area contributed by atoms with Crippen molar-refractivity contribution in [3.05, 3.63) is 30.1 Å². The molecule has 3 N–H and O–H groups in total. The molecule has 1 aromatic heterocycles. The standard InChI is InChI=1S/C14H19N2O6P/c1-14(2)21-10-9(7-19-23-18)20-13(11(10)22-14)16-5-3-4-8(6-16)12(15)17/h3-6,9-11,13,18,23H,7H2,1-2H3,(H-,15,17)/p+1/t9-,10?,11+,13-/m1/s1. The summed E-state index contributed by atoms with van der Waals surface area (Å²) < 4.78 is 24.6. The second kappa shape index (κ2) is 6.39. The number of primary amides is 1. The molecule has 0 aliphatic carbocycles. The smallest absolute Gasteiger partial charge is 0.292 e. The number of nitrogens with zero attached hydrogens (tertiary/aromatic N) is 1. The lowest BCUT2D eigenvalue weighted by atomic mass is 10.1. The number of carbonyl (C=O) groups is 1. The van der Waals surface area contributed by atoms with E-state index >= 15 is 0 Å². The van der Waals surface area contributed by atoms with Gasteiger partial charge in [-0.2, -0.15) is 4.57 Å². The topological polar surface area (TPSA) is 104 Å². The van der Waals surface area contributed by atoms with Gasteiger partial charge < -0.3 is 29.4 Å². The molecule has 0 spiro atoms. The number of pyridine rings is 1. The first-order valence-electron chi connectivity index (χ1n) is 7.24. The van der Waals surface area contributed by atoms with Crippen LogP contribution in [-0.2, 0) is 18.7 Å². The van der Waals surface area contributed by atoms with Crippen LogP contribution < -0.4 is 10.3 Å². The first-order valence-corrected chi connectivity index (χ1v) is 8.09. The van der Waals surface area contributed by atoms with Gasteiger partial charge in [0.1, 0.15) is 17.8 Å². The molecule has 2 aliphatic heterocycles. The van der Waals surface area contributed by atoms with Crippen LogP contribution in [0, 0.1) is 0 Å². The number of hydrogen-bond donors (Lipinski definition) is 2. The highest BCUT2D eigenvalue weighted by molar-refractivity contribution is 7.24. The number of amides is 1. The van der Waals surface area contributed by atoms with E-state index in [-0.39, 0.29) is 24.9 Å². The van der Waals surface area contributed by atoms with Crippen LogP contribution in [0.15, 0.2) is 24.5 Å². The van der Waals surface area contributed by atoms with Gasteiger partial charge >= 0.3 is 0 Å². The molecule has 126 valence electrons. The van der Waals surface area contributed by atoms with E-state index < -0.39 is 27.0 Å². The number of carbonyl (C=O) groups excluding carboxylic acids is 1. The fraction of sp³-hybridized carbons (Fsp3) is 0.571. The average molecular weight is 343 g/mol. The predicted molar refractivity (Wildman–Crippen MR) is 79.4 cm³/mol. The van der Waals surface area contributed by atoms with Gasteiger partial charge in [-0.05, 0) is 19.9 Å². The molecule has 8 nitrogen and oxygen atoms in total. The van der Waals surface area contributed by atoms with Crippen molar-refractivity contribution in [1.82, 2.24) is 0 Å². The Kier molecular flexibility index (Phi) is 4.64. The summed E-state index contributed by atoms with van der Waals surface area (Å²) in [6, 6.07) is 3.35. The second-order valence-corrected chi connectivity index (χ2v) is 6.41. The minimum absolute atomic E-state index is 0.197. The van der Waals surface area contributed by atoms with Crippen molar-refractivity contribution >= 4 is 14.9 Å². The van der Waals surface area contributed by atoms with Crippen LogP contribution in [0.4, 0.5) is 0 Å². The summed E-state index contributed by atoms with van der Waals surface area (Å²) in [4.78, 5) is 20.2. The maximum absolute atomic E-state index is 11.4. The highest BCUT2D eigenvalue weighted by Crippen LogP contribution is 2.41. The van der Waals surface area contributed by atoms with Crippen molar-refractivity contribution < 1.29 is 33.0 Å². The quantitative estimate of drug-likeness (QED) is 0.576. The Morgan fingerprint density at radius 3 is 2.91 bits per heavy atom. The molecule has 0 saturated carbocycles. The van der Waals surface area contributed by atoms with Crippen LogP contribution in [-0.4, -0.2) is 41.5 Å². The molecule has 2 fully saturated rings. The van der Waals surface area contributed by atoms with E-state index in [0.717, 1.165) is 0 Å². The third-order valence-corrected chi connectivity index (χ3v) is 4.13. The lowest BCUT2D eigenvalue weighted by Gasteiger charge is -2.22. The lowest BCUT2D eigenvalue weighted by Crippen LogP contribution is -2.46. The van der Waals surface area contributed by atoms with Gasteiger partial charge in [-0.1, -0.05) is 0 Å². The van der Waals surface area contributed by atoms with E-state index in [1.807, 2.05) is 13.8 Å². The molecule has 1 amide bonds. The van der Waals surface area contributed by atoms with E-state index in [4.69, 9.17) is 29.4 Å². The summed E-state index contributed by atoms with van der Waals surface area (Å²) in [6.07, 6.45) is 1.87. The third-order valence-electron chi connectivity index (χ3n) is 3.84. The van der Waals surface area contributed by atoms with Crippen LogP contribution in [0.1, 0.15) is 30.4 Å². The average Bonchev–Trinajstić information content (AvgIpc) is 2.98. The molecule has 3 rings (SSSR count). The molecule has 0 radical (unpaired) electrons. The van der Waals surface area contributed by atoms with Gasteiger partial charge in [-0.3, -0.25) is 4.79 Å². The Labute approximate surface area is 135 Å². The molecule has 2 aliphatic rings. The number of nitrogens with two attached hydrogens (primary N) is 1. The van der Waals surface area contributed by atoms with Gasteiger partial charge in [0.25, 0.3) is 12.1 Å². The summed E-state index contributed by atoms with van der Waals surface area (Å²) >= 11 is 0. The maximum atomic E-state index is 11.4. The van der Waals surface area contributed by atoms with Gasteiger partial charge in [0.2, 0.25) is 0 Å². The summed E-state index contributed by atoms with van der Waals surface area (Å²) in [5.74, 6) is -1.25. The Morgan fingerprint density at radius 1 is 1.48 bits per heavy atom. The first-order chi connectivity index (χ1) is 10.9. The molecule has 1 aromatic rings. The number of fused-ring (bicyclic) bond motifs is 1. The zero-order valence-corrected chi connectivity index (χ0v) is 13.8. The van der Waals surface area contributed by atoms with Gasteiger partial charge in [0.15, 0.2) is 33.3 Å². The zero-order valence-electron chi connectivity index (χ0n) is 12.8. The highest BCUT2D eigenvalue weighted by atomic mass is 31.1. The summed E-state index contributed by atoms with van der Waals surface area (Å²) in [5.41, 5.74) is 5.71. The Bertz CT molecular complexity index is 598. The summed E-state index contributed by atoms with van der Waals surface area (Å²) in [6.45, 7) is 3.86. The highest BCUT2D eigenvalue weighted by Gasteiger charge is 2.59. The van der Waals surface area contributed by atoms with Crippen LogP contribution in [0.25, 0.3) is 0 Å². The SMILES string of the molecule is CC1(C)OC2[C@@H](COPO)O[C@@H]([n+]3cccc(C(N)=O)c3)[C@H]2O1. The van der Waals surface area contributed by atoms with Crippen molar-refractivity contribution in [2.75, 3.05) is 6.61 Å². The maximum Gasteiger partial charge on any atom is 0.292 e. The van der Waals surface area contributed by atoms with Crippen LogP contribution in [0.3, 0.4) is 0 Å². The first kappa shape index (κ1) is 16.7. The normalized spacial score (nSPS) is 32.5.